The quantitative estimate of drug-likeness (QED) is 0.863. The van der Waals surface area contributed by atoms with E-state index in [0.29, 0.717) is 0 Å². The number of fused-ring (bicyclic) bond motifs is 1. The summed E-state index contributed by atoms with van der Waals surface area (Å²) >= 11 is 0. The minimum Gasteiger partial charge on any atom is -0.384 e. The Hall–Kier alpha value is -1.22. The minimum atomic E-state index is 0. The third-order valence-corrected chi connectivity index (χ3v) is 3.81. The molecule has 0 saturated heterocycles. The Bertz CT molecular complexity index is 441. The molecule has 1 aromatic carbocycles. The van der Waals surface area contributed by atoms with Crippen molar-refractivity contribution in [1.29, 1.82) is 0 Å². The fourth-order valence-electron chi connectivity index (χ4n) is 2.81. The van der Waals surface area contributed by atoms with E-state index in [1.165, 1.54) is 24.1 Å². The standard InChI is InChI=1S/C14H18N2O.ClH/c17-14(10-3-1-2-4-10)16-12-5-6-13-11(9-12)7-8-15-13;/h5-6,9-10,15H,1-4,7-8H2,(H,16,17);1H. The van der Waals surface area contributed by atoms with E-state index < -0.39 is 0 Å². The molecule has 2 N–H and O–H groups in total. The first-order valence-corrected chi connectivity index (χ1v) is 6.50. The number of benzene rings is 1. The summed E-state index contributed by atoms with van der Waals surface area (Å²) in [6.45, 7) is 1.01. The molecule has 1 saturated carbocycles. The second-order valence-corrected chi connectivity index (χ2v) is 5.02. The van der Waals surface area contributed by atoms with Gasteiger partial charge in [-0.05, 0) is 43.0 Å². The molecule has 1 heterocycles. The van der Waals surface area contributed by atoms with E-state index in [0.717, 1.165) is 31.5 Å². The van der Waals surface area contributed by atoms with Crippen LogP contribution in [0.5, 0.6) is 0 Å². The van der Waals surface area contributed by atoms with E-state index in [9.17, 15) is 4.79 Å². The third kappa shape index (κ3) is 2.61. The minimum absolute atomic E-state index is 0. The summed E-state index contributed by atoms with van der Waals surface area (Å²) < 4.78 is 0. The first kappa shape index (κ1) is 13.2. The summed E-state index contributed by atoms with van der Waals surface area (Å²) in [5, 5.41) is 6.37. The fraction of sp³-hybridized carbons (Fsp3) is 0.500. The van der Waals surface area contributed by atoms with Crippen molar-refractivity contribution in [3.8, 4) is 0 Å². The van der Waals surface area contributed by atoms with E-state index >= 15 is 0 Å². The highest BCUT2D eigenvalue weighted by atomic mass is 35.5. The molecule has 98 valence electrons. The SMILES string of the molecule is Cl.O=C(Nc1ccc2c(c1)CCN2)C1CCCC1. The molecule has 0 unspecified atom stereocenters. The molecule has 1 aliphatic heterocycles. The number of carbonyl (C=O) groups excluding carboxylic acids is 1. The maximum atomic E-state index is 12.0. The van der Waals surface area contributed by atoms with Crippen molar-refractivity contribution >= 4 is 29.7 Å². The molecule has 1 aromatic rings. The van der Waals surface area contributed by atoms with Crippen molar-refractivity contribution in [1.82, 2.24) is 0 Å². The van der Waals surface area contributed by atoms with Gasteiger partial charge in [0.1, 0.15) is 0 Å². The smallest absolute Gasteiger partial charge is 0.227 e. The van der Waals surface area contributed by atoms with E-state index in [2.05, 4.69) is 22.8 Å². The summed E-state index contributed by atoms with van der Waals surface area (Å²) in [4.78, 5) is 12.0. The summed E-state index contributed by atoms with van der Waals surface area (Å²) in [5.74, 6) is 0.440. The average molecular weight is 267 g/mol. The zero-order valence-corrected chi connectivity index (χ0v) is 11.2. The summed E-state index contributed by atoms with van der Waals surface area (Å²) in [6, 6.07) is 6.15. The molecule has 18 heavy (non-hydrogen) atoms. The van der Waals surface area contributed by atoms with Crippen LogP contribution in [-0.4, -0.2) is 12.5 Å². The lowest BCUT2D eigenvalue weighted by Crippen LogP contribution is -2.20. The molecule has 0 aromatic heterocycles. The third-order valence-electron chi connectivity index (χ3n) is 3.81. The van der Waals surface area contributed by atoms with E-state index in [4.69, 9.17) is 0 Å². The summed E-state index contributed by atoms with van der Waals surface area (Å²) in [5.41, 5.74) is 3.47. The lowest BCUT2D eigenvalue weighted by Gasteiger charge is -2.11. The lowest BCUT2D eigenvalue weighted by atomic mass is 10.1. The summed E-state index contributed by atoms with van der Waals surface area (Å²) in [6.07, 6.45) is 5.57. The molecular weight excluding hydrogens is 248 g/mol. The van der Waals surface area contributed by atoms with E-state index in [1.54, 1.807) is 0 Å². The molecule has 1 fully saturated rings. The normalized spacial score (nSPS) is 17.8. The zero-order chi connectivity index (χ0) is 11.7. The molecule has 0 radical (unpaired) electrons. The van der Waals surface area contributed by atoms with Crippen LogP contribution in [0.1, 0.15) is 31.2 Å². The van der Waals surface area contributed by atoms with Gasteiger partial charge in [0.15, 0.2) is 0 Å². The molecule has 0 spiro atoms. The first-order valence-electron chi connectivity index (χ1n) is 6.50. The van der Waals surface area contributed by atoms with Crippen molar-refractivity contribution in [3.05, 3.63) is 23.8 Å². The average Bonchev–Trinajstić information content (AvgIpc) is 2.99. The van der Waals surface area contributed by atoms with E-state index in [-0.39, 0.29) is 24.2 Å². The molecule has 2 aliphatic rings. The van der Waals surface area contributed by atoms with Crippen molar-refractivity contribution in [2.45, 2.75) is 32.1 Å². The molecule has 0 bridgehead atoms. The van der Waals surface area contributed by atoms with Crippen LogP contribution in [-0.2, 0) is 11.2 Å². The van der Waals surface area contributed by atoms with Gasteiger partial charge < -0.3 is 10.6 Å². The maximum absolute atomic E-state index is 12.0. The van der Waals surface area contributed by atoms with Crippen LogP contribution in [0.2, 0.25) is 0 Å². The van der Waals surface area contributed by atoms with Crippen LogP contribution < -0.4 is 10.6 Å². The van der Waals surface area contributed by atoms with Gasteiger partial charge >= 0.3 is 0 Å². The first-order chi connectivity index (χ1) is 8.33. The van der Waals surface area contributed by atoms with Crippen molar-refractivity contribution in [3.63, 3.8) is 0 Å². The van der Waals surface area contributed by atoms with E-state index in [1.807, 2.05) is 6.07 Å². The molecule has 1 aliphatic carbocycles. The Labute approximate surface area is 114 Å². The summed E-state index contributed by atoms with van der Waals surface area (Å²) in [7, 11) is 0. The van der Waals surface area contributed by atoms with Gasteiger partial charge in [-0.15, -0.1) is 12.4 Å². The van der Waals surface area contributed by atoms with Gasteiger partial charge in [-0.1, -0.05) is 12.8 Å². The van der Waals surface area contributed by atoms with Crippen molar-refractivity contribution in [2.75, 3.05) is 17.2 Å². The number of nitrogens with one attached hydrogen (secondary N) is 2. The topological polar surface area (TPSA) is 41.1 Å². The van der Waals surface area contributed by atoms with Gasteiger partial charge in [0.25, 0.3) is 0 Å². The molecule has 1 amide bonds. The molecular formula is C14H19ClN2O. The highest BCUT2D eigenvalue weighted by molar-refractivity contribution is 5.93. The number of hydrogen-bond acceptors (Lipinski definition) is 2. The number of rotatable bonds is 2. The number of hydrogen-bond donors (Lipinski definition) is 2. The maximum Gasteiger partial charge on any atom is 0.227 e. The predicted octanol–water partition coefficient (Wildman–Crippen LogP) is 3.21. The predicted molar refractivity (Wildman–Crippen MR) is 76.5 cm³/mol. The number of anilines is 2. The number of halogens is 1. The van der Waals surface area contributed by atoms with Gasteiger partial charge in [0, 0.05) is 23.8 Å². The Kier molecular flexibility index (Phi) is 4.12. The van der Waals surface area contributed by atoms with Crippen LogP contribution in [0.25, 0.3) is 0 Å². The van der Waals surface area contributed by atoms with Crippen LogP contribution >= 0.6 is 12.4 Å². The lowest BCUT2D eigenvalue weighted by molar-refractivity contribution is -0.119. The van der Waals surface area contributed by atoms with Gasteiger partial charge in [0.2, 0.25) is 5.91 Å². The highest BCUT2D eigenvalue weighted by Crippen LogP contribution is 2.28. The second-order valence-electron chi connectivity index (χ2n) is 5.02. The van der Waals surface area contributed by atoms with Crippen LogP contribution in [0, 0.1) is 5.92 Å². The highest BCUT2D eigenvalue weighted by Gasteiger charge is 2.22. The molecule has 0 atom stereocenters. The largest absolute Gasteiger partial charge is 0.384 e. The Balaban J connectivity index is 0.00000120. The molecule has 3 nitrogen and oxygen atoms in total. The Morgan fingerprint density at radius 2 is 2.06 bits per heavy atom. The van der Waals surface area contributed by atoms with Crippen LogP contribution in [0.3, 0.4) is 0 Å². The number of amides is 1. The molecule has 3 rings (SSSR count). The van der Waals surface area contributed by atoms with Crippen LogP contribution in [0.4, 0.5) is 11.4 Å². The monoisotopic (exact) mass is 266 g/mol. The van der Waals surface area contributed by atoms with Crippen LogP contribution in [0.15, 0.2) is 18.2 Å². The van der Waals surface area contributed by atoms with Gasteiger partial charge in [0.05, 0.1) is 0 Å². The second kappa shape index (κ2) is 5.61. The molecule has 4 heteroatoms. The number of carbonyl (C=O) groups is 1. The zero-order valence-electron chi connectivity index (χ0n) is 10.4. The van der Waals surface area contributed by atoms with Gasteiger partial charge in [-0.3, -0.25) is 4.79 Å². The van der Waals surface area contributed by atoms with Gasteiger partial charge in [-0.25, -0.2) is 0 Å². The fourth-order valence-corrected chi connectivity index (χ4v) is 2.81. The Morgan fingerprint density at radius 1 is 1.28 bits per heavy atom. The Morgan fingerprint density at radius 3 is 2.83 bits per heavy atom. The van der Waals surface area contributed by atoms with Gasteiger partial charge in [-0.2, -0.15) is 0 Å². The van der Waals surface area contributed by atoms with Crippen molar-refractivity contribution in [2.24, 2.45) is 5.92 Å². The van der Waals surface area contributed by atoms with Crippen molar-refractivity contribution < 1.29 is 4.79 Å².